The monoisotopic (exact) mass is 354 g/mol. The molecule has 0 saturated heterocycles. The van der Waals surface area contributed by atoms with E-state index in [0.29, 0.717) is 10.7 Å². The minimum Gasteiger partial charge on any atom is -0.393 e. The Kier molecular flexibility index (Phi) is 5.14. The molecule has 1 unspecified atom stereocenters. The van der Waals surface area contributed by atoms with Gasteiger partial charge in [-0.2, -0.15) is 0 Å². The number of benzene rings is 1. The van der Waals surface area contributed by atoms with Crippen molar-refractivity contribution < 1.29 is 14.7 Å². The zero-order chi connectivity index (χ0) is 16.4. The predicted octanol–water partition coefficient (Wildman–Crippen LogP) is 2.56. The molecule has 124 valence electrons. The molecule has 1 aromatic carbocycles. The van der Waals surface area contributed by atoms with Crippen LogP contribution in [0.25, 0.3) is 0 Å². The number of aliphatic hydroxyl groups is 1. The van der Waals surface area contributed by atoms with Crippen molar-refractivity contribution in [2.45, 2.75) is 54.4 Å². The Balaban J connectivity index is 1.56. The van der Waals surface area contributed by atoms with Crippen LogP contribution in [0.5, 0.6) is 0 Å². The first kappa shape index (κ1) is 16.6. The van der Waals surface area contributed by atoms with Crippen LogP contribution >= 0.6 is 23.4 Å². The number of thioether (sulfide) groups is 1. The number of hydrogen-bond donors (Lipinski definition) is 3. The van der Waals surface area contributed by atoms with Crippen LogP contribution in [-0.2, 0) is 9.59 Å². The van der Waals surface area contributed by atoms with E-state index in [1.54, 1.807) is 12.1 Å². The fourth-order valence-electron chi connectivity index (χ4n) is 2.93. The van der Waals surface area contributed by atoms with Crippen LogP contribution in [0.2, 0.25) is 5.02 Å². The van der Waals surface area contributed by atoms with Crippen LogP contribution in [0.4, 0.5) is 5.69 Å². The summed E-state index contributed by atoms with van der Waals surface area (Å²) in [4.78, 5) is 25.3. The third-order valence-corrected chi connectivity index (χ3v) is 5.70. The van der Waals surface area contributed by atoms with Crippen molar-refractivity contribution >= 4 is 40.9 Å². The lowest BCUT2D eigenvalue weighted by atomic mass is 9.93. The van der Waals surface area contributed by atoms with E-state index in [2.05, 4.69) is 10.6 Å². The molecule has 3 rings (SSSR count). The van der Waals surface area contributed by atoms with E-state index in [1.807, 2.05) is 6.07 Å². The number of rotatable bonds is 3. The van der Waals surface area contributed by atoms with Crippen LogP contribution in [0, 0.1) is 0 Å². The zero-order valence-corrected chi connectivity index (χ0v) is 14.1. The minimum absolute atomic E-state index is 0.105. The van der Waals surface area contributed by atoms with Crippen LogP contribution in [-0.4, -0.2) is 34.3 Å². The Hall–Kier alpha value is -1.24. The Morgan fingerprint density at radius 3 is 2.83 bits per heavy atom. The molecule has 0 spiro atoms. The van der Waals surface area contributed by atoms with Crippen molar-refractivity contribution in [2.24, 2.45) is 0 Å². The fourth-order valence-corrected chi connectivity index (χ4v) is 4.19. The van der Waals surface area contributed by atoms with Crippen LogP contribution < -0.4 is 10.6 Å². The second-order valence-electron chi connectivity index (χ2n) is 6.01. The number of aliphatic hydroxyl groups excluding tert-OH is 1. The largest absolute Gasteiger partial charge is 0.393 e. The molecule has 23 heavy (non-hydrogen) atoms. The third-order valence-electron chi connectivity index (χ3n) is 4.19. The average Bonchev–Trinajstić information content (AvgIpc) is 2.50. The number of halogens is 1. The van der Waals surface area contributed by atoms with Crippen molar-refractivity contribution in [1.82, 2.24) is 5.32 Å². The molecule has 1 fully saturated rings. The summed E-state index contributed by atoms with van der Waals surface area (Å²) in [7, 11) is 0. The fraction of sp³-hybridized carbons (Fsp3) is 0.500. The van der Waals surface area contributed by atoms with Gasteiger partial charge in [0, 0.05) is 22.4 Å². The number of nitrogens with one attached hydrogen (secondary N) is 2. The lowest BCUT2D eigenvalue weighted by Gasteiger charge is -2.28. The zero-order valence-electron chi connectivity index (χ0n) is 12.5. The minimum atomic E-state index is -0.433. The van der Waals surface area contributed by atoms with Gasteiger partial charge in [0.2, 0.25) is 11.8 Å². The van der Waals surface area contributed by atoms with Crippen molar-refractivity contribution in [2.75, 3.05) is 5.32 Å². The van der Waals surface area contributed by atoms with E-state index in [0.717, 1.165) is 30.6 Å². The summed E-state index contributed by atoms with van der Waals surface area (Å²) in [5.41, 5.74) is 0.699. The highest BCUT2D eigenvalue weighted by atomic mass is 35.5. The molecule has 0 aromatic heterocycles. The molecule has 1 aromatic rings. The molecule has 0 bridgehead atoms. The number of anilines is 1. The van der Waals surface area contributed by atoms with Crippen molar-refractivity contribution in [3.05, 3.63) is 23.2 Å². The Labute approximate surface area is 144 Å². The summed E-state index contributed by atoms with van der Waals surface area (Å²) in [6.07, 6.45) is 2.93. The smallest absolute Gasteiger partial charge is 0.238 e. The average molecular weight is 355 g/mol. The quantitative estimate of drug-likeness (QED) is 0.779. The summed E-state index contributed by atoms with van der Waals surface area (Å²) >= 11 is 7.31. The summed E-state index contributed by atoms with van der Waals surface area (Å²) in [6.45, 7) is 0. The van der Waals surface area contributed by atoms with Crippen molar-refractivity contribution in [1.29, 1.82) is 0 Å². The summed E-state index contributed by atoms with van der Waals surface area (Å²) in [5.74, 6) is -0.282. The molecular formula is C16H19ClN2O3S. The molecule has 1 heterocycles. The van der Waals surface area contributed by atoms with Gasteiger partial charge in [-0.1, -0.05) is 11.6 Å². The lowest BCUT2D eigenvalue weighted by Crippen LogP contribution is -2.41. The number of fused-ring (bicyclic) bond motifs is 1. The standard InChI is InChI=1S/C16H19ClN2O3S/c17-9-1-6-13-12(7-9)19-16(22)14(23-13)8-15(21)18-10-2-4-11(20)5-3-10/h1,6-7,10-11,14,20H,2-5,8H2,(H,18,21)(H,19,22). The first-order valence-electron chi connectivity index (χ1n) is 7.76. The van der Waals surface area contributed by atoms with Crippen LogP contribution in [0.1, 0.15) is 32.1 Å². The topological polar surface area (TPSA) is 78.4 Å². The molecule has 2 aliphatic rings. The Bertz CT molecular complexity index is 617. The molecule has 3 N–H and O–H groups in total. The molecule has 1 saturated carbocycles. The summed E-state index contributed by atoms with van der Waals surface area (Å²) in [5, 5.41) is 15.4. The molecule has 1 aliphatic carbocycles. The van der Waals surface area contributed by atoms with Gasteiger partial charge in [0.1, 0.15) is 0 Å². The molecule has 1 aliphatic heterocycles. The van der Waals surface area contributed by atoms with Gasteiger partial charge in [-0.05, 0) is 43.9 Å². The molecular weight excluding hydrogens is 336 g/mol. The van der Waals surface area contributed by atoms with E-state index >= 15 is 0 Å². The maximum absolute atomic E-state index is 12.2. The van der Waals surface area contributed by atoms with Gasteiger partial charge < -0.3 is 15.7 Å². The van der Waals surface area contributed by atoms with E-state index in [4.69, 9.17) is 11.6 Å². The maximum Gasteiger partial charge on any atom is 0.238 e. The highest BCUT2D eigenvalue weighted by molar-refractivity contribution is 8.01. The molecule has 2 amide bonds. The highest BCUT2D eigenvalue weighted by Gasteiger charge is 2.30. The van der Waals surface area contributed by atoms with Crippen molar-refractivity contribution in [3.8, 4) is 0 Å². The van der Waals surface area contributed by atoms with Gasteiger partial charge >= 0.3 is 0 Å². The van der Waals surface area contributed by atoms with E-state index in [-0.39, 0.29) is 30.4 Å². The second-order valence-corrected chi connectivity index (χ2v) is 7.69. The highest BCUT2D eigenvalue weighted by Crippen LogP contribution is 2.38. The van der Waals surface area contributed by atoms with Crippen LogP contribution in [0.3, 0.4) is 0 Å². The van der Waals surface area contributed by atoms with Gasteiger partial charge in [-0.3, -0.25) is 9.59 Å². The van der Waals surface area contributed by atoms with E-state index in [9.17, 15) is 14.7 Å². The molecule has 1 atom stereocenters. The number of carbonyl (C=O) groups excluding carboxylic acids is 2. The van der Waals surface area contributed by atoms with Crippen molar-refractivity contribution in [3.63, 3.8) is 0 Å². The van der Waals surface area contributed by atoms with Gasteiger partial charge in [0.15, 0.2) is 0 Å². The molecule has 5 nitrogen and oxygen atoms in total. The first-order chi connectivity index (χ1) is 11.0. The molecule has 7 heteroatoms. The normalized spacial score (nSPS) is 27.0. The number of amides is 2. The Morgan fingerprint density at radius 2 is 2.09 bits per heavy atom. The summed E-state index contributed by atoms with van der Waals surface area (Å²) < 4.78 is 0. The Morgan fingerprint density at radius 1 is 1.35 bits per heavy atom. The lowest BCUT2D eigenvalue weighted by molar-refractivity contribution is -0.124. The van der Waals surface area contributed by atoms with E-state index < -0.39 is 5.25 Å². The number of carbonyl (C=O) groups is 2. The van der Waals surface area contributed by atoms with Gasteiger partial charge in [0.25, 0.3) is 0 Å². The van der Waals surface area contributed by atoms with Gasteiger partial charge in [-0.15, -0.1) is 11.8 Å². The first-order valence-corrected chi connectivity index (χ1v) is 9.01. The summed E-state index contributed by atoms with van der Waals surface area (Å²) in [6, 6.07) is 5.45. The van der Waals surface area contributed by atoms with E-state index in [1.165, 1.54) is 11.8 Å². The van der Waals surface area contributed by atoms with Gasteiger partial charge in [0.05, 0.1) is 17.0 Å². The van der Waals surface area contributed by atoms with Gasteiger partial charge in [-0.25, -0.2) is 0 Å². The SMILES string of the molecule is O=C(CC1Sc2ccc(Cl)cc2NC1=O)NC1CCC(O)CC1. The number of hydrogen-bond acceptors (Lipinski definition) is 4. The third kappa shape index (κ3) is 4.19. The maximum atomic E-state index is 12.2. The second kappa shape index (κ2) is 7.11. The predicted molar refractivity (Wildman–Crippen MR) is 90.7 cm³/mol. The molecule has 0 radical (unpaired) electrons. The van der Waals surface area contributed by atoms with Crippen LogP contribution in [0.15, 0.2) is 23.1 Å².